The van der Waals surface area contributed by atoms with Crippen LogP contribution < -0.4 is 43.0 Å². The van der Waals surface area contributed by atoms with E-state index >= 15 is 0 Å². The van der Waals surface area contributed by atoms with Crippen LogP contribution in [0.25, 0.3) is 0 Å². The van der Waals surface area contributed by atoms with E-state index in [1.807, 2.05) is 10.6 Å². The van der Waals surface area contributed by atoms with Gasteiger partial charge in [-0.3, -0.25) is 58.4 Å². The molecule has 8 atom stereocenters. The summed E-state index contributed by atoms with van der Waals surface area (Å²) in [5, 5.41) is 94.3. The van der Waals surface area contributed by atoms with E-state index in [-0.39, 0.29) is 37.3 Å². The third-order valence-corrected chi connectivity index (χ3v) is 11.6. The van der Waals surface area contributed by atoms with Crippen LogP contribution in [0.4, 0.5) is 0 Å². The summed E-state index contributed by atoms with van der Waals surface area (Å²) in [6.07, 6.45) is 5.82. The molecule has 0 rings (SSSR count). The van der Waals surface area contributed by atoms with Crippen LogP contribution in [0.5, 0.6) is 0 Å². The number of hydroxylamine groups is 4. The van der Waals surface area contributed by atoms with Gasteiger partial charge in [0.15, 0.2) is 6.10 Å². The van der Waals surface area contributed by atoms with Crippen molar-refractivity contribution in [2.75, 3.05) is 32.9 Å². The van der Waals surface area contributed by atoms with Crippen LogP contribution in [0.1, 0.15) is 136 Å². The minimum absolute atomic E-state index is 0.121. The van der Waals surface area contributed by atoms with Crippen LogP contribution in [0, 0.1) is 0 Å². The van der Waals surface area contributed by atoms with E-state index < -0.39 is 165 Å². The van der Waals surface area contributed by atoms with Crippen LogP contribution >= 0.6 is 0 Å². The Kier molecular flexibility index (Phi) is 35.5. The Labute approximate surface area is 439 Å². The fraction of sp³-hybridized carbons (Fsp3) is 0.739. The van der Waals surface area contributed by atoms with E-state index in [1.165, 1.54) is 19.3 Å². The molecule has 8 unspecified atom stereocenters. The number of amides is 10. The maximum atomic E-state index is 13.8. The predicted octanol–water partition coefficient (Wildman–Crippen LogP) is -4.11. The lowest BCUT2D eigenvalue weighted by atomic mass is 10.0. The lowest BCUT2D eigenvalue weighted by Gasteiger charge is -2.27. The van der Waals surface area contributed by atoms with Gasteiger partial charge in [-0.25, -0.2) is 19.7 Å². The third-order valence-electron chi connectivity index (χ3n) is 11.6. The normalized spacial score (nSPS) is 14.1. The molecule has 434 valence electrons. The van der Waals surface area contributed by atoms with Crippen LogP contribution in [-0.2, 0) is 57.5 Å². The number of rotatable bonds is 42. The zero-order valence-electron chi connectivity index (χ0n) is 43.3. The van der Waals surface area contributed by atoms with Crippen molar-refractivity contribution in [1.82, 2.24) is 47.3 Å². The Morgan fingerprint density at radius 2 is 0.776 bits per heavy atom. The number of carbonyl (C=O) groups is 12. The van der Waals surface area contributed by atoms with Gasteiger partial charge >= 0.3 is 11.9 Å². The van der Waals surface area contributed by atoms with Crippen LogP contribution in [0.3, 0.4) is 0 Å². The fourth-order valence-electron chi connectivity index (χ4n) is 7.12. The Hall–Kier alpha value is -6.60. The number of aliphatic hydroxyl groups is 4. The van der Waals surface area contributed by atoms with Gasteiger partial charge in [-0.15, -0.1) is 0 Å². The Morgan fingerprint density at radius 1 is 0.434 bits per heavy atom. The molecule has 0 fully saturated rings. The van der Waals surface area contributed by atoms with Gasteiger partial charge in [0.2, 0.25) is 59.1 Å². The first-order valence-corrected chi connectivity index (χ1v) is 25.1. The minimum atomic E-state index is -2.53. The van der Waals surface area contributed by atoms with E-state index in [2.05, 4.69) is 33.5 Å². The number of hydrogen-bond donors (Lipinski definition) is 16. The Morgan fingerprint density at radius 3 is 1.14 bits per heavy atom. The second-order valence-electron chi connectivity index (χ2n) is 17.9. The molecule has 0 spiro atoms. The lowest BCUT2D eigenvalue weighted by molar-refractivity contribution is -0.163. The average molecular weight is 1090 g/mol. The number of primary amides is 1. The number of carboxylic acids is 2. The van der Waals surface area contributed by atoms with Crippen molar-refractivity contribution in [2.45, 2.75) is 185 Å². The van der Waals surface area contributed by atoms with Crippen molar-refractivity contribution in [3.05, 3.63) is 0 Å². The number of carbonyl (C=O) groups excluding carboxylic acids is 10. The highest BCUT2D eigenvalue weighted by molar-refractivity contribution is 5.98. The zero-order chi connectivity index (χ0) is 57.9. The second kappa shape index (κ2) is 38.9. The molecule has 0 heterocycles. The van der Waals surface area contributed by atoms with Crippen molar-refractivity contribution < 1.29 is 98.6 Å². The summed E-state index contributed by atoms with van der Waals surface area (Å²) in [6, 6.07) is -13.3. The molecule has 0 saturated carbocycles. The standard InChI is InChI=1S/C46H80N10O20/c1-4-5-6-7-8-9-10-11-12-13-14-19-36(63)54-37(38(64)46(73)74)44(70)53-34(26-59)43(69)52-32(24-57)41(67)49-30(20-21-35(47)62)40(66)48-29(17-15-22-55(75)27(2)60)39(65)51-33(25-58)42(68)50-31(45(71)72)18-16-23-56(76)28(3)61/h29-34,37-38,57-59,64,75-76H,4-26H2,1-3H3,(H2,47,62)(H,48,66)(H,49,67)(H,50,68)(H,51,65)(H,52,69)(H,53,70)(H,54,63)(H,71,72)(H,73,74). The molecule has 30 heteroatoms. The highest BCUT2D eigenvalue weighted by atomic mass is 16.5. The summed E-state index contributed by atoms with van der Waals surface area (Å²) in [7, 11) is 0. The highest BCUT2D eigenvalue weighted by Gasteiger charge is 2.37. The van der Waals surface area contributed by atoms with Gasteiger partial charge in [-0.1, -0.05) is 71.1 Å². The van der Waals surface area contributed by atoms with E-state index in [9.17, 15) is 98.6 Å². The number of aliphatic carboxylic acids is 2. The van der Waals surface area contributed by atoms with E-state index in [0.717, 1.165) is 52.4 Å². The van der Waals surface area contributed by atoms with Crippen LogP contribution in [0.15, 0.2) is 0 Å². The molecule has 0 aromatic carbocycles. The van der Waals surface area contributed by atoms with Crippen molar-refractivity contribution in [3.8, 4) is 0 Å². The molecule has 10 amide bonds. The smallest absolute Gasteiger partial charge is 0.335 e. The fourth-order valence-corrected chi connectivity index (χ4v) is 7.12. The minimum Gasteiger partial charge on any atom is -0.480 e. The van der Waals surface area contributed by atoms with Crippen LogP contribution in [0.2, 0.25) is 0 Å². The Bertz CT molecular complexity index is 1910. The van der Waals surface area contributed by atoms with Gasteiger partial charge in [0.05, 0.1) is 19.8 Å². The number of carboxylic acid groups (broad SMARTS) is 2. The molecule has 0 aromatic rings. The molecule has 30 nitrogen and oxygen atoms in total. The summed E-state index contributed by atoms with van der Waals surface area (Å²) < 4.78 is 0. The summed E-state index contributed by atoms with van der Waals surface area (Å²) in [5.74, 6) is -14.7. The molecule has 76 heavy (non-hydrogen) atoms. The maximum absolute atomic E-state index is 13.8. The summed E-state index contributed by atoms with van der Waals surface area (Å²) in [6.45, 7) is -0.126. The van der Waals surface area contributed by atoms with Crippen LogP contribution in [-0.4, -0.2) is 203 Å². The molecule has 0 aliphatic rings. The molecule has 0 aliphatic heterocycles. The van der Waals surface area contributed by atoms with Gasteiger partial charge in [0.1, 0.15) is 42.3 Å². The van der Waals surface area contributed by atoms with E-state index in [4.69, 9.17) is 5.73 Å². The maximum Gasteiger partial charge on any atom is 0.335 e. The first-order chi connectivity index (χ1) is 35.8. The van der Waals surface area contributed by atoms with E-state index in [0.29, 0.717) is 17.9 Å². The number of nitrogens with two attached hydrogens (primary N) is 1. The first kappa shape index (κ1) is 69.4. The SMILES string of the molecule is CCCCCCCCCCCCCC(=O)NC(C(=O)NC(CO)C(=O)NC(CO)C(=O)NC(CCC(N)=O)C(=O)NC(CCCN(O)C(C)=O)C(=O)NC(CO)C(=O)NC(CCCN(O)C(C)=O)C(=O)O)C(O)C(=O)O. The number of nitrogens with zero attached hydrogens (tertiary/aromatic N) is 2. The predicted molar refractivity (Wildman–Crippen MR) is 262 cm³/mol. The number of hydrogen-bond acceptors (Lipinski definition) is 18. The number of nitrogens with one attached hydrogen (secondary N) is 7. The highest BCUT2D eigenvalue weighted by Crippen LogP contribution is 2.13. The number of aliphatic hydroxyl groups excluding tert-OH is 4. The zero-order valence-corrected chi connectivity index (χ0v) is 43.3. The first-order valence-electron chi connectivity index (χ1n) is 25.1. The molecular weight excluding hydrogens is 1010 g/mol. The summed E-state index contributed by atoms with van der Waals surface area (Å²) >= 11 is 0. The molecule has 0 saturated heterocycles. The molecule has 0 radical (unpaired) electrons. The molecule has 0 aromatic heterocycles. The van der Waals surface area contributed by atoms with Crippen molar-refractivity contribution in [1.29, 1.82) is 0 Å². The summed E-state index contributed by atoms with van der Waals surface area (Å²) in [5.41, 5.74) is 5.27. The summed E-state index contributed by atoms with van der Waals surface area (Å²) in [4.78, 5) is 151. The third kappa shape index (κ3) is 28.9. The molecule has 17 N–H and O–H groups in total. The average Bonchev–Trinajstić information content (AvgIpc) is 3.36. The van der Waals surface area contributed by atoms with Crippen molar-refractivity contribution in [2.24, 2.45) is 5.73 Å². The quantitative estimate of drug-likeness (QED) is 0.0157. The van der Waals surface area contributed by atoms with Crippen molar-refractivity contribution in [3.63, 3.8) is 0 Å². The Balaban J connectivity index is 6.14. The molecule has 0 bridgehead atoms. The van der Waals surface area contributed by atoms with Gasteiger partial charge in [-0.05, 0) is 38.5 Å². The van der Waals surface area contributed by atoms with E-state index in [1.54, 1.807) is 0 Å². The van der Waals surface area contributed by atoms with Gasteiger partial charge in [-0.2, -0.15) is 0 Å². The molecule has 0 aliphatic carbocycles. The van der Waals surface area contributed by atoms with Gasteiger partial charge < -0.3 is 73.6 Å². The largest absolute Gasteiger partial charge is 0.480 e. The molecular formula is C46H80N10O20. The van der Waals surface area contributed by atoms with Crippen molar-refractivity contribution >= 4 is 71.0 Å². The second-order valence-corrected chi connectivity index (χ2v) is 17.9. The van der Waals surface area contributed by atoms with Gasteiger partial charge in [0, 0.05) is 39.8 Å². The van der Waals surface area contributed by atoms with Gasteiger partial charge in [0.25, 0.3) is 0 Å². The lowest BCUT2D eigenvalue weighted by Crippen LogP contribution is -2.62. The topological polar surface area (TPSA) is 483 Å². The monoisotopic (exact) mass is 1090 g/mol. The number of unbranched alkanes of at least 4 members (excludes halogenated alkanes) is 10.